The molecule has 0 bridgehead atoms. The first-order chi connectivity index (χ1) is 16.6. The summed E-state index contributed by atoms with van der Waals surface area (Å²) in [5, 5.41) is 11.7. The Labute approximate surface area is 200 Å². The van der Waals surface area contributed by atoms with E-state index in [1.165, 1.54) is 31.3 Å². The minimum absolute atomic E-state index is 0.0170. The second kappa shape index (κ2) is 9.21. The van der Waals surface area contributed by atoms with E-state index in [0.29, 0.717) is 32.5 Å². The highest BCUT2D eigenvalue weighted by Gasteiger charge is 2.51. The second-order valence-electron chi connectivity index (χ2n) is 9.02. The third kappa shape index (κ3) is 4.55. The van der Waals surface area contributed by atoms with Crippen molar-refractivity contribution in [3.8, 4) is 6.07 Å². The summed E-state index contributed by atoms with van der Waals surface area (Å²) in [6.45, 7) is 1.14. The molecule has 4 rings (SSSR count). The number of halogens is 4. The number of nitriles is 1. The number of piperidine rings is 1. The number of hydrogen-bond donors (Lipinski definition) is 1. The van der Waals surface area contributed by atoms with E-state index in [9.17, 15) is 27.2 Å². The first kappa shape index (κ1) is 24.5. The van der Waals surface area contributed by atoms with Crippen molar-refractivity contribution in [2.45, 2.75) is 19.0 Å². The average molecular weight is 488 g/mol. The number of benzene rings is 2. The monoisotopic (exact) mass is 488 g/mol. The molecule has 2 aliphatic rings. The van der Waals surface area contributed by atoms with Crippen LogP contribution in [-0.4, -0.2) is 49.9 Å². The van der Waals surface area contributed by atoms with Crippen molar-refractivity contribution in [3.05, 3.63) is 65.0 Å². The molecule has 1 spiro atoms. The highest BCUT2D eigenvalue weighted by Crippen LogP contribution is 2.47. The van der Waals surface area contributed by atoms with Crippen LogP contribution in [0.15, 0.2) is 42.5 Å². The zero-order valence-electron chi connectivity index (χ0n) is 19.0. The van der Waals surface area contributed by atoms with E-state index in [1.807, 2.05) is 0 Å². The van der Waals surface area contributed by atoms with Crippen LogP contribution in [0, 0.1) is 28.5 Å². The van der Waals surface area contributed by atoms with Gasteiger partial charge >= 0.3 is 6.18 Å². The van der Waals surface area contributed by atoms with Gasteiger partial charge < -0.3 is 15.1 Å². The number of alkyl halides is 3. The Morgan fingerprint density at radius 3 is 2.43 bits per heavy atom. The number of amides is 2. The zero-order valence-corrected chi connectivity index (χ0v) is 19.0. The van der Waals surface area contributed by atoms with Gasteiger partial charge in [-0.15, -0.1) is 0 Å². The first-order valence-corrected chi connectivity index (χ1v) is 11.2. The number of nitrogens with one attached hydrogen (secondary N) is 1. The molecule has 35 heavy (non-hydrogen) atoms. The SMILES string of the molecule is CNC(=O)C1CN(c2ccc(C#N)c(C(F)(F)F)c2)CC12CCN(C(=O)c1ccccc1F)CC2. The maximum absolute atomic E-state index is 14.1. The lowest BCUT2D eigenvalue weighted by Gasteiger charge is -2.42. The van der Waals surface area contributed by atoms with E-state index in [4.69, 9.17) is 5.26 Å². The molecule has 10 heteroatoms. The van der Waals surface area contributed by atoms with Crippen LogP contribution in [0.3, 0.4) is 0 Å². The zero-order chi connectivity index (χ0) is 25.4. The Balaban J connectivity index is 1.58. The van der Waals surface area contributed by atoms with E-state index in [-0.39, 0.29) is 23.7 Å². The fraction of sp³-hybridized carbons (Fsp3) is 0.400. The molecule has 0 saturated carbocycles. The lowest BCUT2D eigenvalue weighted by molar-refractivity contribution is -0.137. The normalized spacial score (nSPS) is 19.5. The minimum atomic E-state index is -4.68. The van der Waals surface area contributed by atoms with Gasteiger partial charge in [0.15, 0.2) is 0 Å². The predicted octanol–water partition coefficient (Wildman–Crippen LogP) is 3.82. The van der Waals surface area contributed by atoms with Crippen molar-refractivity contribution in [1.82, 2.24) is 10.2 Å². The fourth-order valence-corrected chi connectivity index (χ4v) is 5.23. The van der Waals surface area contributed by atoms with Crippen LogP contribution in [0.5, 0.6) is 0 Å². The van der Waals surface area contributed by atoms with Gasteiger partial charge in [0.2, 0.25) is 5.91 Å². The number of likely N-dealkylation sites (tertiary alicyclic amines) is 1. The smallest absolute Gasteiger partial charge is 0.370 e. The summed E-state index contributed by atoms with van der Waals surface area (Å²) in [5.41, 5.74) is -1.76. The predicted molar refractivity (Wildman–Crippen MR) is 120 cm³/mol. The third-order valence-electron chi connectivity index (χ3n) is 7.16. The summed E-state index contributed by atoms with van der Waals surface area (Å²) in [6.07, 6.45) is -3.79. The van der Waals surface area contributed by atoms with Crippen molar-refractivity contribution in [2.75, 3.05) is 38.1 Å². The molecular formula is C25H24F4N4O2. The highest BCUT2D eigenvalue weighted by molar-refractivity contribution is 5.94. The molecule has 6 nitrogen and oxygen atoms in total. The molecule has 1 unspecified atom stereocenters. The summed E-state index contributed by atoms with van der Waals surface area (Å²) in [4.78, 5) is 28.9. The molecule has 1 atom stereocenters. The molecule has 2 aliphatic heterocycles. The molecule has 0 aliphatic carbocycles. The maximum atomic E-state index is 14.1. The van der Waals surface area contributed by atoms with Gasteiger partial charge in [-0.2, -0.15) is 18.4 Å². The van der Waals surface area contributed by atoms with E-state index >= 15 is 0 Å². The topological polar surface area (TPSA) is 76.4 Å². The van der Waals surface area contributed by atoms with E-state index in [1.54, 1.807) is 21.9 Å². The van der Waals surface area contributed by atoms with E-state index < -0.39 is 40.4 Å². The fourth-order valence-electron chi connectivity index (χ4n) is 5.23. The summed E-state index contributed by atoms with van der Waals surface area (Å²) in [7, 11) is 1.51. The lowest BCUT2D eigenvalue weighted by Crippen LogP contribution is -2.49. The van der Waals surface area contributed by atoms with Gasteiger partial charge in [0.25, 0.3) is 5.91 Å². The number of nitrogens with zero attached hydrogens (tertiary/aromatic N) is 3. The second-order valence-corrected chi connectivity index (χ2v) is 9.02. The molecule has 2 heterocycles. The summed E-state index contributed by atoms with van der Waals surface area (Å²) in [6, 6.07) is 10.9. The number of rotatable bonds is 3. The molecule has 2 fully saturated rings. The van der Waals surface area contributed by atoms with Gasteiger partial charge in [-0.05, 0) is 43.2 Å². The van der Waals surface area contributed by atoms with Crippen LogP contribution in [0.2, 0.25) is 0 Å². The molecule has 2 aromatic carbocycles. The first-order valence-electron chi connectivity index (χ1n) is 11.2. The number of hydrogen-bond acceptors (Lipinski definition) is 4. The van der Waals surface area contributed by atoms with Crippen molar-refractivity contribution in [1.29, 1.82) is 5.26 Å². The number of anilines is 1. The largest absolute Gasteiger partial charge is 0.417 e. The molecule has 0 aromatic heterocycles. The van der Waals surface area contributed by atoms with Crippen molar-refractivity contribution >= 4 is 17.5 Å². The van der Waals surface area contributed by atoms with Crippen LogP contribution in [0.1, 0.15) is 34.3 Å². The standard InChI is InChI=1S/C25H24F4N4O2/c1-31-22(34)20-14-33(17-7-6-16(13-30)19(12-17)25(27,28)29)15-24(20)8-10-32(11-9-24)23(35)18-4-2-3-5-21(18)26/h2-7,12,20H,8-11,14-15H2,1H3,(H,31,34). The number of carbonyl (C=O) groups excluding carboxylic acids is 2. The van der Waals surface area contributed by atoms with Gasteiger partial charge in [0, 0.05) is 44.3 Å². The molecule has 1 N–H and O–H groups in total. The molecule has 2 saturated heterocycles. The Morgan fingerprint density at radius 2 is 1.83 bits per heavy atom. The van der Waals surface area contributed by atoms with Gasteiger partial charge in [-0.25, -0.2) is 4.39 Å². The Hall–Kier alpha value is -3.61. The lowest BCUT2D eigenvalue weighted by atomic mass is 9.70. The van der Waals surface area contributed by atoms with Crippen molar-refractivity contribution in [3.63, 3.8) is 0 Å². The molecule has 0 radical (unpaired) electrons. The van der Waals surface area contributed by atoms with Crippen LogP contribution in [0.25, 0.3) is 0 Å². The van der Waals surface area contributed by atoms with Crippen LogP contribution < -0.4 is 10.2 Å². The Morgan fingerprint density at radius 1 is 1.14 bits per heavy atom. The maximum Gasteiger partial charge on any atom is 0.417 e. The molecule has 184 valence electrons. The molecule has 2 aromatic rings. The summed E-state index contributed by atoms with van der Waals surface area (Å²) in [5.74, 6) is -1.74. The Bertz CT molecular complexity index is 1180. The van der Waals surface area contributed by atoms with Gasteiger partial charge in [0.05, 0.1) is 28.7 Å². The highest BCUT2D eigenvalue weighted by atomic mass is 19.4. The van der Waals surface area contributed by atoms with Crippen LogP contribution >= 0.6 is 0 Å². The molecule has 2 amide bonds. The van der Waals surface area contributed by atoms with Crippen molar-refractivity contribution < 1.29 is 27.2 Å². The van der Waals surface area contributed by atoms with E-state index in [2.05, 4.69) is 5.32 Å². The average Bonchev–Trinajstić information content (AvgIpc) is 3.21. The van der Waals surface area contributed by atoms with E-state index in [0.717, 1.165) is 12.1 Å². The van der Waals surface area contributed by atoms with Gasteiger partial charge in [-0.3, -0.25) is 9.59 Å². The Kier molecular flexibility index (Phi) is 6.45. The molecular weight excluding hydrogens is 464 g/mol. The van der Waals surface area contributed by atoms with Crippen molar-refractivity contribution in [2.24, 2.45) is 11.3 Å². The van der Waals surface area contributed by atoms with Crippen LogP contribution in [-0.2, 0) is 11.0 Å². The van der Waals surface area contributed by atoms with Crippen LogP contribution in [0.4, 0.5) is 23.2 Å². The quantitative estimate of drug-likeness (QED) is 0.667. The third-order valence-corrected chi connectivity index (χ3v) is 7.16. The summed E-state index contributed by atoms with van der Waals surface area (Å²) < 4.78 is 54.6. The minimum Gasteiger partial charge on any atom is -0.370 e. The number of carbonyl (C=O) groups is 2. The van der Waals surface area contributed by atoms with Gasteiger partial charge in [0.1, 0.15) is 5.82 Å². The summed E-state index contributed by atoms with van der Waals surface area (Å²) >= 11 is 0. The van der Waals surface area contributed by atoms with Gasteiger partial charge in [-0.1, -0.05) is 12.1 Å².